The number of carbonyl (C=O) groups is 1. The molecule has 1 heteroatoms. The molecule has 0 aliphatic heterocycles. The number of benzene rings is 2. The Bertz CT molecular complexity index is 586. The number of ketones is 1. The summed E-state index contributed by atoms with van der Waals surface area (Å²) in [4.78, 5) is 12.3. The monoisotopic (exact) mass is 250 g/mol. The van der Waals surface area contributed by atoms with Crippen LogP contribution < -0.4 is 0 Å². The van der Waals surface area contributed by atoms with E-state index in [2.05, 4.69) is 43.3 Å². The van der Waals surface area contributed by atoms with Crippen molar-refractivity contribution in [2.45, 2.75) is 25.7 Å². The van der Waals surface area contributed by atoms with Crippen LogP contribution >= 0.6 is 0 Å². The summed E-state index contributed by atoms with van der Waals surface area (Å²) in [6.45, 7) is 2.07. The first-order chi connectivity index (χ1) is 9.24. The summed E-state index contributed by atoms with van der Waals surface area (Å²) < 4.78 is 0. The highest BCUT2D eigenvalue weighted by Crippen LogP contribution is 2.48. The minimum absolute atomic E-state index is 0.239. The molecular weight excluding hydrogens is 232 g/mol. The number of hydrogen-bond donors (Lipinski definition) is 0. The third-order valence-corrected chi connectivity index (χ3v) is 3.89. The predicted octanol–water partition coefficient (Wildman–Crippen LogP) is 3.91. The molecule has 0 bridgehead atoms. The minimum Gasteiger partial charge on any atom is -0.299 e. The lowest BCUT2D eigenvalue weighted by atomic mass is 10.0. The lowest BCUT2D eigenvalue weighted by molar-refractivity contribution is -0.119. The van der Waals surface area contributed by atoms with Crippen molar-refractivity contribution in [1.82, 2.24) is 0 Å². The Balaban J connectivity index is 1.64. The van der Waals surface area contributed by atoms with E-state index in [-0.39, 0.29) is 5.92 Å². The SMILES string of the molecule is Cc1cccc(CC(=O)C2CC2c2ccccc2)c1. The average Bonchev–Trinajstić information content (AvgIpc) is 3.20. The number of hydrogen-bond acceptors (Lipinski definition) is 1. The van der Waals surface area contributed by atoms with Crippen molar-refractivity contribution >= 4 is 5.78 Å². The number of carbonyl (C=O) groups excluding carboxylic acids is 1. The molecule has 0 radical (unpaired) electrons. The van der Waals surface area contributed by atoms with Crippen LogP contribution in [0, 0.1) is 12.8 Å². The van der Waals surface area contributed by atoms with Gasteiger partial charge in [-0.1, -0.05) is 60.2 Å². The van der Waals surface area contributed by atoms with Crippen molar-refractivity contribution < 1.29 is 4.79 Å². The molecule has 2 atom stereocenters. The Hall–Kier alpha value is -1.89. The maximum absolute atomic E-state index is 12.3. The Morgan fingerprint density at radius 3 is 2.63 bits per heavy atom. The molecule has 0 heterocycles. The molecule has 0 saturated heterocycles. The number of rotatable bonds is 4. The number of Topliss-reactive ketones (excluding diaryl/α,β-unsaturated/α-hetero) is 1. The van der Waals surface area contributed by atoms with Gasteiger partial charge in [0.05, 0.1) is 0 Å². The largest absolute Gasteiger partial charge is 0.299 e. The van der Waals surface area contributed by atoms with Crippen molar-refractivity contribution in [2.24, 2.45) is 5.92 Å². The summed E-state index contributed by atoms with van der Waals surface area (Å²) in [6, 6.07) is 18.6. The molecule has 2 aromatic rings. The summed E-state index contributed by atoms with van der Waals surface area (Å²) in [5.74, 6) is 1.08. The lowest BCUT2D eigenvalue weighted by Crippen LogP contribution is -2.06. The van der Waals surface area contributed by atoms with Crippen LogP contribution in [-0.2, 0) is 11.2 Å². The van der Waals surface area contributed by atoms with Gasteiger partial charge in [-0.3, -0.25) is 4.79 Å². The van der Waals surface area contributed by atoms with Gasteiger partial charge in [0.25, 0.3) is 0 Å². The van der Waals surface area contributed by atoms with Crippen LogP contribution in [0.4, 0.5) is 0 Å². The standard InChI is InChI=1S/C18H18O/c1-13-6-5-7-14(10-13)11-18(19)17-12-16(17)15-8-3-2-4-9-15/h2-10,16-17H,11-12H2,1H3. The molecule has 1 aliphatic carbocycles. The molecule has 96 valence electrons. The molecule has 2 unspecified atom stereocenters. The smallest absolute Gasteiger partial charge is 0.140 e. The third-order valence-electron chi connectivity index (χ3n) is 3.89. The second kappa shape index (κ2) is 5.00. The molecule has 19 heavy (non-hydrogen) atoms. The second-order valence-corrected chi connectivity index (χ2v) is 5.49. The van der Waals surface area contributed by atoms with E-state index in [9.17, 15) is 4.79 Å². The van der Waals surface area contributed by atoms with Crippen LogP contribution in [0.15, 0.2) is 54.6 Å². The van der Waals surface area contributed by atoms with Gasteiger partial charge in [0.2, 0.25) is 0 Å². The van der Waals surface area contributed by atoms with E-state index in [4.69, 9.17) is 0 Å². The van der Waals surface area contributed by atoms with Crippen LogP contribution in [0.5, 0.6) is 0 Å². The van der Waals surface area contributed by atoms with Crippen LogP contribution in [0.3, 0.4) is 0 Å². The van der Waals surface area contributed by atoms with Gasteiger partial charge < -0.3 is 0 Å². The summed E-state index contributed by atoms with van der Waals surface area (Å²) in [5.41, 5.74) is 3.68. The first-order valence-corrected chi connectivity index (χ1v) is 6.87. The summed E-state index contributed by atoms with van der Waals surface area (Å²) in [7, 11) is 0. The van der Waals surface area contributed by atoms with E-state index < -0.39 is 0 Å². The van der Waals surface area contributed by atoms with Crippen molar-refractivity contribution in [3.05, 3.63) is 71.3 Å². The van der Waals surface area contributed by atoms with E-state index in [0.29, 0.717) is 18.1 Å². The normalized spacial score (nSPS) is 21.1. The quantitative estimate of drug-likeness (QED) is 0.804. The fourth-order valence-corrected chi connectivity index (χ4v) is 2.77. The average molecular weight is 250 g/mol. The van der Waals surface area contributed by atoms with E-state index in [0.717, 1.165) is 12.0 Å². The van der Waals surface area contributed by atoms with Crippen LogP contribution in [0.1, 0.15) is 29.0 Å². The predicted molar refractivity (Wildman–Crippen MR) is 77.2 cm³/mol. The van der Waals surface area contributed by atoms with Gasteiger partial charge in [0, 0.05) is 12.3 Å². The van der Waals surface area contributed by atoms with Crippen LogP contribution in [0.2, 0.25) is 0 Å². The fourth-order valence-electron chi connectivity index (χ4n) is 2.77. The summed E-state index contributed by atoms with van der Waals surface area (Å²) in [5, 5.41) is 0. The molecule has 0 N–H and O–H groups in total. The highest BCUT2D eigenvalue weighted by atomic mass is 16.1. The van der Waals surface area contributed by atoms with Gasteiger partial charge in [-0.2, -0.15) is 0 Å². The molecule has 0 amide bonds. The minimum atomic E-state index is 0.239. The van der Waals surface area contributed by atoms with E-state index in [1.54, 1.807) is 0 Å². The number of aryl methyl sites for hydroxylation is 1. The zero-order valence-corrected chi connectivity index (χ0v) is 11.2. The van der Waals surface area contributed by atoms with Gasteiger partial charge in [-0.25, -0.2) is 0 Å². The van der Waals surface area contributed by atoms with Gasteiger partial charge in [-0.05, 0) is 30.4 Å². The van der Waals surface area contributed by atoms with Crippen LogP contribution in [-0.4, -0.2) is 5.78 Å². The molecule has 1 nitrogen and oxygen atoms in total. The molecule has 0 spiro atoms. The molecule has 0 aromatic heterocycles. The Labute approximate surface area is 114 Å². The first kappa shape index (κ1) is 12.2. The second-order valence-electron chi connectivity index (χ2n) is 5.49. The molecule has 1 aliphatic rings. The highest BCUT2D eigenvalue weighted by molar-refractivity contribution is 5.87. The molecular formula is C18H18O. The Morgan fingerprint density at radius 1 is 1.11 bits per heavy atom. The molecule has 2 aromatic carbocycles. The third kappa shape index (κ3) is 2.76. The van der Waals surface area contributed by atoms with E-state index in [1.807, 2.05) is 18.2 Å². The zero-order valence-electron chi connectivity index (χ0n) is 11.2. The van der Waals surface area contributed by atoms with Gasteiger partial charge in [0.1, 0.15) is 5.78 Å². The zero-order chi connectivity index (χ0) is 13.2. The van der Waals surface area contributed by atoms with E-state index in [1.165, 1.54) is 11.1 Å². The molecule has 1 fully saturated rings. The van der Waals surface area contributed by atoms with Gasteiger partial charge >= 0.3 is 0 Å². The molecule has 3 rings (SSSR count). The van der Waals surface area contributed by atoms with Crippen molar-refractivity contribution in [3.63, 3.8) is 0 Å². The topological polar surface area (TPSA) is 17.1 Å². The van der Waals surface area contributed by atoms with E-state index >= 15 is 0 Å². The highest BCUT2D eigenvalue weighted by Gasteiger charge is 2.43. The Kier molecular flexibility index (Phi) is 3.20. The van der Waals surface area contributed by atoms with Crippen molar-refractivity contribution in [3.8, 4) is 0 Å². The summed E-state index contributed by atoms with van der Waals surface area (Å²) in [6.07, 6.45) is 1.60. The lowest BCUT2D eigenvalue weighted by Gasteiger charge is -2.02. The summed E-state index contributed by atoms with van der Waals surface area (Å²) >= 11 is 0. The maximum Gasteiger partial charge on any atom is 0.140 e. The van der Waals surface area contributed by atoms with Crippen LogP contribution in [0.25, 0.3) is 0 Å². The van der Waals surface area contributed by atoms with Crippen molar-refractivity contribution in [1.29, 1.82) is 0 Å². The van der Waals surface area contributed by atoms with Gasteiger partial charge in [0.15, 0.2) is 0 Å². The fraction of sp³-hybridized carbons (Fsp3) is 0.278. The van der Waals surface area contributed by atoms with Crippen molar-refractivity contribution in [2.75, 3.05) is 0 Å². The maximum atomic E-state index is 12.3. The molecule has 1 saturated carbocycles. The Morgan fingerprint density at radius 2 is 1.89 bits per heavy atom. The van der Waals surface area contributed by atoms with Gasteiger partial charge in [-0.15, -0.1) is 0 Å². The first-order valence-electron chi connectivity index (χ1n) is 6.87.